The number of hydrogen-bond donors (Lipinski definition) is 2. The molecule has 0 bridgehead atoms. The van der Waals surface area contributed by atoms with E-state index in [0.717, 1.165) is 5.25 Å². The van der Waals surface area contributed by atoms with E-state index < -0.39 is 0 Å². The Bertz CT molecular complexity index is 239. The van der Waals surface area contributed by atoms with Gasteiger partial charge in [-0.15, -0.1) is 0 Å². The predicted octanol–water partition coefficient (Wildman–Crippen LogP) is 2.17. The molecule has 0 amide bonds. The molecule has 1 fully saturated rings. The molecule has 3 heteroatoms. The van der Waals surface area contributed by atoms with Gasteiger partial charge < -0.3 is 10.3 Å². The molecule has 1 aliphatic heterocycles. The monoisotopic (exact) mass is 196 g/mol. The lowest BCUT2D eigenvalue weighted by molar-refractivity contribution is 0.541. The van der Waals surface area contributed by atoms with Gasteiger partial charge in [0.05, 0.1) is 6.04 Å². The Kier molecular flexibility index (Phi) is 2.96. The van der Waals surface area contributed by atoms with Crippen LogP contribution in [0.4, 0.5) is 0 Å². The molecule has 2 N–H and O–H groups in total. The highest BCUT2D eigenvalue weighted by Crippen LogP contribution is 2.35. The van der Waals surface area contributed by atoms with Crippen molar-refractivity contribution in [3.05, 3.63) is 24.0 Å². The minimum atomic E-state index is 0.502. The summed E-state index contributed by atoms with van der Waals surface area (Å²) in [6.45, 7) is 0. The maximum atomic E-state index is 3.39. The van der Waals surface area contributed by atoms with Crippen LogP contribution in [0.5, 0.6) is 0 Å². The molecule has 13 heavy (non-hydrogen) atoms. The molecule has 0 aliphatic carbocycles. The summed E-state index contributed by atoms with van der Waals surface area (Å²) >= 11 is 2.09. The van der Waals surface area contributed by atoms with Gasteiger partial charge in [-0.05, 0) is 37.8 Å². The number of rotatable bonds is 3. The number of hydrogen-bond acceptors (Lipinski definition) is 2. The van der Waals surface area contributed by atoms with Gasteiger partial charge in [0.1, 0.15) is 0 Å². The van der Waals surface area contributed by atoms with Gasteiger partial charge in [0.25, 0.3) is 0 Å². The van der Waals surface area contributed by atoms with Crippen molar-refractivity contribution >= 4 is 11.8 Å². The second-order valence-electron chi connectivity index (χ2n) is 3.44. The van der Waals surface area contributed by atoms with Crippen LogP contribution in [-0.2, 0) is 0 Å². The summed E-state index contributed by atoms with van der Waals surface area (Å²) < 4.78 is 0. The molecule has 0 spiro atoms. The van der Waals surface area contributed by atoms with Gasteiger partial charge in [-0.3, -0.25) is 0 Å². The molecule has 1 aliphatic rings. The lowest BCUT2D eigenvalue weighted by Gasteiger charge is -2.20. The first-order valence-corrected chi connectivity index (χ1v) is 5.89. The summed E-state index contributed by atoms with van der Waals surface area (Å²) in [6, 6.07) is 4.74. The van der Waals surface area contributed by atoms with Crippen molar-refractivity contribution in [2.45, 2.75) is 24.1 Å². The molecule has 2 atom stereocenters. The Morgan fingerprint density at radius 2 is 2.62 bits per heavy atom. The number of nitrogens with one attached hydrogen (secondary N) is 2. The third-order valence-corrected chi connectivity index (χ3v) is 4.07. The number of thioether (sulfide) groups is 1. The van der Waals surface area contributed by atoms with Gasteiger partial charge in [-0.1, -0.05) is 0 Å². The SMILES string of the molecule is CNC(c1ccc[nH]1)C1CCCS1. The Morgan fingerprint density at radius 3 is 3.15 bits per heavy atom. The highest BCUT2D eigenvalue weighted by atomic mass is 32.2. The van der Waals surface area contributed by atoms with Crippen LogP contribution in [-0.4, -0.2) is 23.0 Å². The van der Waals surface area contributed by atoms with Gasteiger partial charge in [-0.2, -0.15) is 11.8 Å². The lowest BCUT2D eigenvalue weighted by atomic mass is 10.1. The largest absolute Gasteiger partial charge is 0.364 e. The van der Waals surface area contributed by atoms with Crippen molar-refractivity contribution in [3.63, 3.8) is 0 Å². The summed E-state index contributed by atoms with van der Waals surface area (Å²) in [5.74, 6) is 1.32. The van der Waals surface area contributed by atoms with Gasteiger partial charge in [0.15, 0.2) is 0 Å². The highest BCUT2D eigenvalue weighted by molar-refractivity contribution is 8.00. The van der Waals surface area contributed by atoms with E-state index in [0.29, 0.717) is 6.04 Å². The summed E-state index contributed by atoms with van der Waals surface area (Å²) in [7, 11) is 2.05. The molecule has 0 aromatic carbocycles. The van der Waals surface area contributed by atoms with E-state index in [4.69, 9.17) is 0 Å². The third-order valence-electron chi connectivity index (χ3n) is 2.60. The maximum absolute atomic E-state index is 3.39. The van der Waals surface area contributed by atoms with E-state index in [1.165, 1.54) is 24.3 Å². The second-order valence-corrected chi connectivity index (χ2v) is 4.79. The Balaban J connectivity index is 2.08. The molecule has 1 aromatic heterocycles. The molecule has 1 aromatic rings. The van der Waals surface area contributed by atoms with Crippen molar-refractivity contribution in [1.82, 2.24) is 10.3 Å². The van der Waals surface area contributed by atoms with E-state index >= 15 is 0 Å². The van der Waals surface area contributed by atoms with Crippen LogP contribution in [0.3, 0.4) is 0 Å². The van der Waals surface area contributed by atoms with Crippen molar-refractivity contribution < 1.29 is 0 Å². The number of aromatic nitrogens is 1. The molecule has 2 rings (SSSR count). The van der Waals surface area contributed by atoms with Crippen molar-refractivity contribution in [3.8, 4) is 0 Å². The van der Waals surface area contributed by atoms with E-state index in [2.05, 4.69) is 34.2 Å². The second kappa shape index (κ2) is 4.20. The summed E-state index contributed by atoms with van der Waals surface area (Å²) in [6.07, 6.45) is 4.71. The van der Waals surface area contributed by atoms with E-state index in [9.17, 15) is 0 Å². The first-order chi connectivity index (χ1) is 6.42. The zero-order valence-corrected chi connectivity index (χ0v) is 8.73. The normalized spacial score (nSPS) is 24.8. The van der Waals surface area contributed by atoms with Gasteiger partial charge in [0.2, 0.25) is 0 Å². The number of H-pyrrole nitrogens is 1. The standard InChI is InChI=1S/C10H16N2S/c1-11-10(8-4-2-6-12-8)9-5-3-7-13-9/h2,4,6,9-12H,3,5,7H2,1H3. The molecular weight excluding hydrogens is 180 g/mol. The minimum absolute atomic E-state index is 0.502. The zero-order valence-electron chi connectivity index (χ0n) is 7.92. The molecule has 2 nitrogen and oxygen atoms in total. The van der Waals surface area contributed by atoms with Crippen molar-refractivity contribution in [2.24, 2.45) is 0 Å². The predicted molar refractivity (Wildman–Crippen MR) is 58.1 cm³/mol. The Labute approximate surface area is 83.5 Å². The van der Waals surface area contributed by atoms with E-state index in [1.807, 2.05) is 13.2 Å². The van der Waals surface area contributed by atoms with Crippen LogP contribution in [0.2, 0.25) is 0 Å². The molecular formula is C10H16N2S. The molecule has 0 radical (unpaired) electrons. The van der Waals surface area contributed by atoms with Crippen LogP contribution in [0.25, 0.3) is 0 Å². The fourth-order valence-electron chi connectivity index (χ4n) is 1.94. The maximum Gasteiger partial charge on any atom is 0.0590 e. The Hall–Kier alpha value is -0.410. The minimum Gasteiger partial charge on any atom is -0.364 e. The average Bonchev–Trinajstić information content (AvgIpc) is 2.76. The highest BCUT2D eigenvalue weighted by Gasteiger charge is 2.25. The van der Waals surface area contributed by atoms with Crippen LogP contribution < -0.4 is 5.32 Å². The van der Waals surface area contributed by atoms with Crippen LogP contribution >= 0.6 is 11.8 Å². The van der Waals surface area contributed by atoms with Crippen LogP contribution in [0.15, 0.2) is 18.3 Å². The Morgan fingerprint density at radius 1 is 1.69 bits per heavy atom. The average molecular weight is 196 g/mol. The molecule has 72 valence electrons. The van der Waals surface area contributed by atoms with Crippen LogP contribution in [0.1, 0.15) is 24.6 Å². The van der Waals surface area contributed by atoms with Crippen molar-refractivity contribution in [1.29, 1.82) is 0 Å². The molecule has 2 unspecified atom stereocenters. The van der Waals surface area contributed by atoms with Gasteiger partial charge in [0, 0.05) is 17.1 Å². The zero-order chi connectivity index (χ0) is 9.10. The first-order valence-electron chi connectivity index (χ1n) is 4.84. The molecule has 1 saturated heterocycles. The first kappa shape index (κ1) is 9.16. The summed E-state index contributed by atoms with van der Waals surface area (Å²) in [5.41, 5.74) is 1.32. The smallest absolute Gasteiger partial charge is 0.0590 e. The quantitative estimate of drug-likeness (QED) is 0.775. The van der Waals surface area contributed by atoms with Crippen LogP contribution in [0, 0.1) is 0 Å². The molecule has 2 heterocycles. The topological polar surface area (TPSA) is 27.8 Å². The summed E-state index contributed by atoms with van der Waals surface area (Å²) in [4.78, 5) is 3.29. The number of aromatic amines is 1. The fourth-order valence-corrected chi connectivity index (χ4v) is 3.39. The summed E-state index contributed by atoms with van der Waals surface area (Å²) in [5, 5.41) is 4.15. The molecule has 0 saturated carbocycles. The third kappa shape index (κ3) is 1.92. The lowest BCUT2D eigenvalue weighted by Crippen LogP contribution is -2.25. The van der Waals surface area contributed by atoms with Crippen molar-refractivity contribution in [2.75, 3.05) is 12.8 Å². The van der Waals surface area contributed by atoms with E-state index in [-0.39, 0.29) is 0 Å². The van der Waals surface area contributed by atoms with Gasteiger partial charge in [-0.25, -0.2) is 0 Å². The fraction of sp³-hybridized carbons (Fsp3) is 0.600. The van der Waals surface area contributed by atoms with E-state index in [1.54, 1.807) is 0 Å². The van der Waals surface area contributed by atoms with Gasteiger partial charge >= 0.3 is 0 Å².